The van der Waals surface area contributed by atoms with E-state index in [0.717, 1.165) is 36.9 Å². The molecule has 7 nitrogen and oxygen atoms in total. The van der Waals surface area contributed by atoms with E-state index in [4.69, 9.17) is 16.3 Å². The van der Waals surface area contributed by atoms with Crippen molar-refractivity contribution in [2.75, 3.05) is 6.61 Å². The minimum absolute atomic E-state index is 0.316. The first-order valence-corrected chi connectivity index (χ1v) is 9.33. The van der Waals surface area contributed by atoms with Gasteiger partial charge in [-0.15, -0.1) is 5.10 Å². The molecule has 0 aliphatic heterocycles. The second-order valence-electron chi connectivity index (χ2n) is 6.96. The van der Waals surface area contributed by atoms with Crippen LogP contribution in [-0.4, -0.2) is 32.9 Å². The Morgan fingerprint density at radius 1 is 1.42 bits per heavy atom. The summed E-state index contributed by atoms with van der Waals surface area (Å²) in [6.07, 6.45) is 3.03. The van der Waals surface area contributed by atoms with Crippen LogP contribution in [0, 0.1) is 12.8 Å². The second-order valence-corrected chi connectivity index (χ2v) is 7.37. The van der Waals surface area contributed by atoms with Gasteiger partial charge in [-0.1, -0.05) is 24.6 Å². The summed E-state index contributed by atoms with van der Waals surface area (Å²) >= 11 is 6.28. The van der Waals surface area contributed by atoms with Crippen molar-refractivity contribution in [2.45, 2.75) is 52.0 Å². The van der Waals surface area contributed by atoms with Gasteiger partial charge in [0.1, 0.15) is 5.54 Å². The predicted octanol–water partition coefficient (Wildman–Crippen LogP) is 3.78. The lowest BCUT2D eigenvalue weighted by Crippen LogP contribution is -2.50. The smallest absolute Gasteiger partial charge is 0.407 e. The third kappa shape index (κ3) is 3.67. The predicted molar refractivity (Wildman–Crippen MR) is 98.4 cm³/mol. The van der Waals surface area contributed by atoms with Gasteiger partial charge in [-0.25, -0.2) is 4.79 Å². The molecule has 1 saturated carbocycles. The Morgan fingerprint density at radius 3 is 2.81 bits per heavy atom. The van der Waals surface area contributed by atoms with Crippen molar-refractivity contribution in [2.24, 2.45) is 5.92 Å². The molecule has 8 heteroatoms. The summed E-state index contributed by atoms with van der Waals surface area (Å²) in [5.41, 5.74) is 1.10. The number of benzene rings is 1. The molecule has 1 aromatic heterocycles. The molecule has 3 rings (SSSR count). The molecule has 1 aliphatic carbocycles. The Morgan fingerprint density at radius 2 is 2.15 bits per heavy atom. The summed E-state index contributed by atoms with van der Waals surface area (Å²) in [6.45, 7) is 6.26. The van der Waals surface area contributed by atoms with Crippen LogP contribution in [0.1, 0.15) is 50.9 Å². The maximum atomic E-state index is 12.2. The van der Waals surface area contributed by atoms with E-state index < -0.39 is 11.6 Å². The van der Waals surface area contributed by atoms with E-state index in [0.29, 0.717) is 23.4 Å². The Hall–Kier alpha value is -2.15. The zero-order valence-corrected chi connectivity index (χ0v) is 16.1. The number of amides is 1. The van der Waals surface area contributed by atoms with Gasteiger partial charge in [-0.2, -0.15) is 4.68 Å². The van der Waals surface area contributed by atoms with Crippen molar-refractivity contribution in [3.05, 3.63) is 34.6 Å². The molecule has 1 aromatic carbocycles. The maximum Gasteiger partial charge on any atom is 0.407 e. The normalized spacial score (nSPS) is 22.8. The summed E-state index contributed by atoms with van der Waals surface area (Å²) in [5, 5.41) is 16.0. The zero-order chi connectivity index (χ0) is 18.7. The fourth-order valence-electron chi connectivity index (χ4n) is 3.39. The summed E-state index contributed by atoms with van der Waals surface area (Å²) in [4.78, 5) is 12.2. The number of hydrogen-bond acceptors (Lipinski definition) is 5. The van der Waals surface area contributed by atoms with Crippen molar-refractivity contribution in [3.8, 4) is 5.69 Å². The van der Waals surface area contributed by atoms with Gasteiger partial charge in [0, 0.05) is 5.02 Å². The van der Waals surface area contributed by atoms with Crippen molar-refractivity contribution >= 4 is 17.7 Å². The highest BCUT2D eigenvalue weighted by Crippen LogP contribution is 2.39. The van der Waals surface area contributed by atoms with Crippen LogP contribution in [0.3, 0.4) is 0 Å². The second kappa shape index (κ2) is 7.61. The van der Waals surface area contributed by atoms with Gasteiger partial charge in [-0.05, 0) is 73.6 Å². The van der Waals surface area contributed by atoms with Crippen molar-refractivity contribution < 1.29 is 9.53 Å². The number of rotatable bonds is 4. The highest BCUT2D eigenvalue weighted by atomic mass is 35.5. The lowest BCUT2D eigenvalue weighted by Gasteiger charge is -2.38. The Balaban J connectivity index is 2.01. The standard InChI is InChI=1S/C18H24ClN5O2/c1-4-26-17(25)20-18(9-7-12(2)8-10-18)16-21-22-23-24(16)14-6-5-13(3)15(19)11-14/h5-6,11-12H,4,7-10H2,1-3H3,(H,20,25). The van der Waals surface area contributed by atoms with Gasteiger partial charge in [0.2, 0.25) is 0 Å². The van der Waals surface area contributed by atoms with Crippen LogP contribution in [0.15, 0.2) is 18.2 Å². The molecule has 26 heavy (non-hydrogen) atoms. The summed E-state index contributed by atoms with van der Waals surface area (Å²) in [5.74, 6) is 1.21. The number of aryl methyl sites for hydroxylation is 1. The van der Waals surface area contributed by atoms with Gasteiger partial charge in [0.05, 0.1) is 12.3 Å². The number of nitrogens with one attached hydrogen (secondary N) is 1. The van der Waals surface area contributed by atoms with Crippen LogP contribution in [0.25, 0.3) is 5.69 Å². The third-order valence-corrected chi connectivity index (χ3v) is 5.45. The molecule has 1 heterocycles. The quantitative estimate of drug-likeness (QED) is 0.876. The molecular formula is C18H24ClN5O2. The van der Waals surface area contributed by atoms with Gasteiger partial charge in [0.25, 0.3) is 0 Å². The van der Waals surface area contributed by atoms with Crippen LogP contribution in [0.2, 0.25) is 5.02 Å². The number of aromatic nitrogens is 4. The largest absolute Gasteiger partial charge is 0.450 e. The monoisotopic (exact) mass is 377 g/mol. The minimum atomic E-state index is -0.653. The highest BCUT2D eigenvalue weighted by molar-refractivity contribution is 6.31. The van der Waals surface area contributed by atoms with E-state index in [1.165, 1.54) is 0 Å². The number of carbonyl (C=O) groups excluding carboxylic acids is 1. The molecule has 140 valence electrons. The SMILES string of the molecule is CCOC(=O)NC1(c2nnnn2-c2ccc(C)c(Cl)c2)CCC(C)CC1. The molecule has 1 amide bonds. The Kier molecular flexibility index (Phi) is 5.46. The van der Waals surface area contributed by atoms with Gasteiger partial charge >= 0.3 is 6.09 Å². The first kappa shape index (κ1) is 18.6. The van der Waals surface area contributed by atoms with E-state index in [9.17, 15) is 4.79 Å². The topological polar surface area (TPSA) is 81.9 Å². The molecular weight excluding hydrogens is 354 g/mol. The number of tetrazole rings is 1. The first-order valence-electron chi connectivity index (χ1n) is 8.95. The molecule has 0 unspecified atom stereocenters. The molecule has 0 saturated heterocycles. The fourth-order valence-corrected chi connectivity index (χ4v) is 3.57. The molecule has 0 radical (unpaired) electrons. The maximum absolute atomic E-state index is 12.2. The van der Waals surface area contributed by atoms with Crippen molar-refractivity contribution in [1.82, 2.24) is 25.5 Å². The number of carbonyl (C=O) groups is 1. The van der Waals surface area contributed by atoms with Gasteiger partial charge < -0.3 is 10.1 Å². The molecule has 0 atom stereocenters. The summed E-state index contributed by atoms with van der Waals surface area (Å²) < 4.78 is 6.79. The molecule has 1 fully saturated rings. The van der Waals surface area contributed by atoms with Crippen LogP contribution in [0.4, 0.5) is 4.79 Å². The van der Waals surface area contributed by atoms with Crippen LogP contribution in [0.5, 0.6) is 0 Å². The number of alkyl carbamates (subject to hydrolysis) is 1. The van der Waals surface area contributed by atoms with E-state index in [1.807, 2.05) is 25.1 Å². The van der Waals surface area contributed by atoms with Crippen LogP contribution in [-0.2, 0) is 10.3 Å². The summed E-state index contributed by atoms with van der Waals surface area (Å²) in [6, 6.07) is 5.68. The zero-order valence-electron chi connectivity index (χ0n) is 15.3. The van der Waals surface area contributed by atoms with E-state index in [2.05, 4.69) is 27.8 Å². The van der Waals surface area contributed by atoms with Gasteiger partial charge in [-0.3, -0.25) is 0 Å². The first-order chi connectivity index (χ1) is 12.4. The average Bonchev–Trinajstić information content (AvgIpc) is 3.10. The van der Waals surface area contributed by atoms with Crippen molar-refractivity contribution in [1.29, 1.82) is 0 Å². The van der Waals surface area contributed by atoms with Crippen molar-refractivity contribution in [3.63, 3.8) is 0 Å². The average molecular weight is 378 g/mol. The Labute approximate surface area is 158 Å². The van der Waals surface area contributed by atoms with E-state index >= 15 is 0 Å². The van der Waals surface area contributed by atoms with Gasteiger partial charge in [0.15, 0.2) is 5.82 Å². The van der Waals surface area contributed by atoms with Crippen LogP contribution < -0.4 is 5.32 Å². The highest BCUT2D eigenvalue weighted by Gasteiger charge is 2.42. The number of halogens is 1. The molecule has 1 N–H and O–H groups in total. The molecule has 0 bridgehead atoms. The van der Waals surface area contributed by atoms with E-state index in [1.54, 1.807) is 11.6 Å². The molecule has 2 aromatic rings. The lowest BCUT2D eigenvalue weighted by molar-refractivity contribution is 0.117. The van der Waals surface area contributed by atoms with E-state index in [-0.39, 0.29) is 0 Å². The molecule has 0 spiro atoms. The number of nitrogens with zero attached hydrogens (tertiary/aromatic N) is 4. The van der Waals surface area contributed by atoms with Crippen LogP contribution >= 0.6 is 11.6 Å². The fraction of sp³-hybridized carbons (Fsp3) is 0.556. The summed E-state index contributed by atoms with van der Waals surface area (Å²) in [7, 11) is 0. The Bertz CT molecular complexity index is 784. The minimum Gasteiger partial charge on any atom is -0.450 e. The number of hydrogen-bond donors (Lipinski definition) is 1. The lowest BCUT2D eigenvalue weighted by atomic mass is 9.76. The number of ether oxygens (including phenoxy) is 1. The molecule has 1 aliphatic rings. The third-order valence-electron chi connectivity index (χ3n) is 5.04.